The van der Waals surface area contributed by atoms with Gasteiger partial charge in [-0.1, -0.05) is 18.2 Å². The molecule has 96 valence electrons. The van der Waals surface area contributed by atoms with Gasteiger partial charge in [0.15, 0.2) is 5.69 Å². The van der Waals surface area contributed by atoms with E-state index >= 15 is 0 Å². The van der Waals surface area contributed by atoms with E-state index in [-0.39, 0.29) is 0 Å². The van der Waals surface area contributed by atoms with Crippen molar-refractivity contribution in [1.29, 1.82) is 5.26 Å². The molecule has 0 amide bonds. The average molecular weight is 261 g/mol. The van der Waals surface area contributed by atoms with E-state index in [1.54, 1.807) is 0 Å². The van der Waals surface area contributed by atoms with Crippen molar-refractivity contribution in [1.82, 2.24) is 15.0 Å². The zero-order valence-electron chi connectivity index (χ0n) is 10.8. The Balaban J connectivity index is 2.01. The third-order valence-electron chi connectivity index (χ3n) is 2.89. The van der Waals surface area contributed by atoms with Gasteiger partial charge in [-0.3, -0.25) is 4.98 Å². The number of para-hydroxylation sites is 1. The van der Waals surface area contributed by atoms with Gasteiger partial charge >= 0.3 is 0 Å². The van der Waals surface area contributed by atoms with Gasteiger partial charge in [0, 0.05) is 11.1 Å². The van der Waals surface area contributed by atoms with Crippen molar-refractivity contribution in [2.45, 2.75) is 6.92 Å². The van der Waals surface area contributed by atoms with Gasteiger partial charge in [-0.15, -0.1) is 0 Å². The molecule has 20 heavy (non-hydrogen) atoms. The van der Waals surface area contributed by atoms with Crippen LogP contribution < -0.4 is 5.32 Å². The summed E-state index contributed by atoms with van der Waals surface area (Å²) in [6, 6.07) is 11.9. The van der Waals surface area contributed by atoms with Crippen LogP contribution in [0.2, 0.25) is 0 Å². The number of benzene rings is 1. The van der Waals surface area contributed by atoms with Crippen molar-refractivity contribution >= 4 is 22.4 Å². The maximum atomic E-state index is 8.71. The Hall–Kier alpha value is -3.00. The minimum absolute atomic E-state index is 0.294. The van der Waals surface area contributed by atoms with Crippen LogP contribution in [0.25, 0.3) is 10.9 Å². The fraction of sp³-hybridized carbons (Fsp3) is 0.0667. The zero-order valence-corrected chi connectivity index (χ0v) is 10.8. The first-order valence-corrected chi connectivity index (χ1v) is 6.12. The van der Waals surface area contributed by atoms with Crippen molar-refractivity contribution in [3.8, 4) is 6.07 Å². The number of fused-ring (bicyclic) bond motifs is 1. The Labute approximate surface area is 116 Å². The monoisotopic (exact) mass is 261 g/mol. The highest BCUT2D eigenvalue weighted by Crippen LogP contribution is 2.24. The Morgan fingerprint density at radius 2 is 2.00 bits per heavy atom. The van der Waals surface area contributed by atoms with Crippen LogP contribution in [0.1, 0.15) is 11.4 Å². The van der Waals surface area contributed by atoms with E-state index in [0.29, 0.717) is 11.5 Å². The number of anilines is 2. The molecule has 2 heterocycles. The maximum Gasteiger partial charge on any atom is 0.158 e. The molecule has 0 aliphatic carbocycles. The number of hydrogen-bond acceptors (Lipinski definition) is 5. The van der Waals surface area contributed by atoms with Gasteiger partial charge in [0.2, 0.25) is 0 Å². The predicted molar refractivity (Wildman–Crippen MR) is 76.5 cm³/mol. The lowest BCUT2D eigenvalue weighted by molar-refractivity contribution is 1.16. The standard InChI is InChI=1S/C15H11N5/c1-10-5-6-11-3-2-4-13(15(11)19-10)20-14-9-17-12(7-16)8-18-14/h2-6,8-9H,1H3,(H,18,20). The van der Waals surface area contributed by atoms with E-state index in [2.05, 4.69) is 20.3 Å². The van der Waals surface area contributed by atoms with Gasteiger partial charge in [-0.25, -0.2) is 9.97 Å². The summed E-state index contributed by atoms with van der Waals surface area (Å²) in [6.07, 6.45) is 2.97. The normalized spacial score (nSPS) is 10.2. The second-order valence-corrected chi connectivity index (χ2v) is 4.35. The van der Waals surface area contributed by atoms with Crippen LogP contribution in [-0.4, -0.2) is 15.0 Å². The number of nitriles is 1. The van der Waals surface area contributed by atoms with Gasteiger partial charge in [-0.05, 0) is 19.1 Å². The minimum Gasteiger partial charge on any atom is -0.337 e. The topological polar surface area (TPSA) is 74.5 Å². The fourth-order valence-electron chi connectivity index (χ4n) is 1.93. The van der Waals surface area contributed by atoms with Gasteiger partial charge in [0.1, 0.15) is 11.9 Å². The van der Waals surface area contributed by atoms with Crippen molar-refractivity contribution in [2.75, 3.05) is 5.32 Å². The molecule has 0 saturated heterocycles. The van der Waals surface area contributed by atoms with E-state index in [1.807, 2.05) is 43.3 Å². The Morgan fingerprint density at radius 3 is 2.75 bits per heavy atom. The minimum atomic E-state index is 0.294. The number of pyridine rings is 1. The highest BCUT2D eigenvalue weighted by atomic mass is 15.0. The molecule has 0 aliphatic rings. The molecule has 0 saturated carbocycles. The summed E-state index contributed by atoms with van der Waals surface area (Å²) in [6.45, 7) is 1.96. The average Bonchev–Trinajstić information content (AvgIpc) is 2.49. The zero-order chi connectivity index (χ0) is 13.9. The summed E-state index contributed by atoms with van der Waals surface area (Å²) in [5, 5.41) is 12.9. The van der Waals surface area contributed by atoms with E-state index in [1.165, 1.54) is 12.4 Å². The summed E-state index contributed by atoms with van der Waals surface area (Å²) in [4.78, 5) is 12.7. The number of nitrogens with zero attached hydrogens (tertiary/aromatic N) is 4. The highest BCUT2D eigenvalue weighted by molar-refractivity contribution is 5.91. The first-order valence-electron chi connectivity index (χ1n) is 6.12. The molecule has 2 aromatic heterocycles. The van der Waals surface area contributed by atoms with Crippen LogP contribution in [0, 0.1) is 18.3 Å². The molecule has 5 nitrogen and oxygen atoms in total. The molecule has 1 aromatic carbocycles. The molecular formula is C15H11N5. The van der Waals surface area contributed by atoms with E-state index in [0.717, 1.165) is 22.3 Å². The number of aryl methyl sites for hydroxylation is 1. The van der Waals surface area contributed by atoms with Gasteiger partial charge in [0.25, 0.3) is 0 Å². The highest BCUT2D eigenvalue weighted by Gasteiger charge is 2.04. The molecule has 3 aromatic rings. The van der Waals surface area contributed by atoms with E-state index < -0.39 is 0 Å². The lowest BCUT2D eigenvalue weighted by Crippen LogP contribution is -1.97. The Kier molecular flexibility index (Phi) is 2.98. The molecule has 3 rings (SSSR count). The number of rotatable bonds is 2. The largest absolute Gasteiger partial charge is 0.337 e. The Bertz CT molecular complexity index is 803. The number of aromatic nitrogens is 3. The molecule has 0 radical (unpaired) electrons. The smallest absolute Gasteiger partial charge is 0.158 e. The van der Waals surface area contributed by atoms with Crippen LogP contribution >= 0.6 is 0 Å². The number of nitrogens with one attached hydrogen (secondary N) is 1. The van der Waals surface area contributed by atoms with Crippen LogP contribution in [-0.2, 0) is 0 Å². The van der Waals surface area contributed by atoms with Crippen LogP contribution in [0.15, 0.2) is 42.7 Å². The van der Waals surface area contributed by atoms with E-state index in [9.17, 15) is 0 Å². The SMILES string of the molecule is Cc1ccc2cccc(Nc3cnc(C#N)cn3)c2n1. The molecule has 5 heteroatoms. The Morgan fingerprint density at radius 1 is 1.10 bits per heavy atom. The molecular weight excluding hydrogens is 250 g/mol. The molecule has 0 unspecified atom stereocenters. The molecule has 0 fully saturated rings. The van der Waals surface area contributed by atoms with Gasteiger partial charge < -0.3 is 5.32 Å². The third kappa shape index (κ3) is 2.27. The molecule has 1 N–H and O–H groups in total. The van der Waals surface area contributed by atoms with Crippen molar-refractivity contribution < 1.29 is 0 Å². The summed E-state index contributed by atoms with van der Waals surface area (Å²) in [7, 11) is 0. The van der Waals surface area contributed by atoms with Crippen LogP contribution in [0.3, 0.4) is 0 Å². The third-order valence-corrected chi connectivity index (χ3v) is 2.89. The maximum absolute atomic E-state index is 8.71. The lowest BCUT2D eigenvalue weighted by Gasteiger charge is -2.08. The molecule has 0 spiro atoms. The van der Waals surface area contributed by atoms with Crippen molar-refractivity contribution in [3.05, 3.63) is 54.1 Å². The van der Waals surface area contributed by atoms with Gasteiger partial charge in [0.05, 0.1) is 23.6 Å². The van der Waals surface area contributed by atoms with Crippen molar-refractivity contribution in [2.24, 2.45) is 0 Å². The molecule has 0 bridgehead atoms. The predicted octanol–water partition coefficient (Wildman–Crippen LogP) is 2.95. The van der Waals surface area contributed by atoms with Crippen LogP contribution in [0.5, 0.6) is 0 Å². The lowest BCUT2D eigenvalue weighted by atomic mass is 10.2. The van der Waals surface area contributed by atoms with E-state index in [4.69, 9.17) is 5.26 Å². The second-order valence-electron chi connectivity index (χ2n) is 4.35. The van der Waals surface area contributed by atoms with Gasteiger partial charge in [-0.2, -0.15) is 5.26 Å². The summed E-state index contributed by atoms with van der Waals surface area (Å²) < 4.78 is 0. The number of hydrogen-bond donors (Lipinski definition) is 1. The second kappa shape index (κ2) is 4.94. The summed E-state index contributed by atoms with van der Waals surface area (Å²) in [5.74, 6) is 0.583. The molecule has 0 aliphatic heterocycles. The molecule has 0 atom stereocenters. The fourth-order valence-corrected chi connectivity index (χ4v) is 1.93. The summed E-state index contributed by atoms with van der Waals surface area (Å²) >= 11 is 0. The van der Waals surface area contributed by atoms with Crippen molar-refractivity contribution in [3.63, 3.8) is 0 Å². The summed E-state index contributed by atoms with van der Waals surface area (Å²) in [5.41, 5.74) is 3.00. The first-order chi connectivity index (χ1) is 9.76. The first kappa shape index (κ1) is 12.1. The quantitative estimate of drug-likeness (QED) is 0.767. The van der Waals surface area contributed by atoms with Crippen LogP contribution in [0.4, 0.5) is 11.5 Å².